The van der Waals surface area contributed by atoms with Gasteiger partial charge in [-0.25, -0.2) is 4.98 Å². The summed E-state index contributed by atoms with van der Waals surface area (Å²) < 4.78 is 5.03. The Morgan fingerprint density at radius 2 is 2.29 bits per heavy atom. The van der Waals surface area contributed by atoms with Crippen molar-refractivity contribution < 1.29 is 9.32 Å². The van der Waals surface area contributed by atoms with Gasteiger partial charge in [-0.05, 0) is 12.0 Å². The molecule has 4 heteroatoms. The lowest BCUT2D eigenvalue weighted by Gasteiger charge is -1.97. The van der Waals surface area contributed by atoms with E-state index in [1.165, 1.54) is 6.20 Å². The number of aromatic nitrogens is 2. The van der Waals surface area contributed by atoms with Crippen molar-refractivity contribution in [3.63, 3.8) is 0 Å². The second-order valence-electron chi connectivity index (χ2n) is 3.46. The van der Waals surface area contributed by atoms with Crippen molar-refractivity contribution in [3.05, 3.63) is 23.5 Å². The van der Waals surface area contributed by atoms with Crippen LogP contribution in [0.15, 0.2) is 16.8 Å². The first kappa shape index (κ1) is 8.87. The first-order chi connectivity index (χ1) is 6.72. The van der Waals surface area contributed by atoms with Crippen molar-refractivity contribution in [2.24, 2.45) is 0 Å². The fourth-order valence-electron chi connectivity index (χ4n) is 1.35. The summed E-state index contributed by atoms with van der Waals surface area (Å²) in [5.41, 5.74) is 1.87. The van der Waals surface area contributed by atoms with Crippen LogP contribution in [0.3, 0.4) is 0 Å². The molecule has 0 amide bonds. The van der Waals surface area contributed by atoms with E-state index < -0.39 is 0 Å². The Morgan fingerprint density at radius 1 is 1.50 bits per heavy atom. The van der Waals surface area contributed by atoms with E-state index in [0.717, 1.165) is 17.4 Å². The number of carbonyl (C=O) groups is 1. The second-order valence-corrected chi connectivity index (χ2v) is 3.46. The van der Waals surface area contributed by atoms with E-state index in [2.05, 4.69) is 10.1 Å². The van der Waals surface area contributed by atoms with Gasteiger partial charge < -0.3 is 4.52 Å². The molecule has 2 aromatic rings. The zero-order valence-corrected chi connectivity index (χ0v) is 8.02. The second kappa shape index (κ2) is 3.21. The first-order valence-electron chi connectivity index (χ1n) is 4.43. The standard InChI is InChI=1S/C10H10N2O2/c1-6(2)9-8-3-7(5-13)4-11-10(8)14-12-9/h3-6H,1-2H3. The average Bonchev–Trinajstić information content (AvgIpc) is 2.59. The largest absolute Gasteiger partial charge is 0.336 e. The summed E-state index contributed by atoms with van der Waals surface area (Å²) in [5.74, 6) is 0.264. The molecule has 0 spiro atoms. The maximum absolute atomic E-state index is 10.6. The summed E-state index contributed by atoms with van der Waals surface area (Å²) in [6, 6.07) is 1.75. The van der Waals surface area contributed by atoms with Gasteiger partial charge in [-0.15, -0.1) is 0 Å². The van der Waals surface area contributed by atoms with Gasteiger partial charge in [0.25, 0.3) is 5.71 Å². The molecule has 14 heavy (non-hydrogen) atoms. The highest BCUT2D eigenvalue weighted by Crippen LogP contribution is 2.23. The van der Waals surface area contributed by atoms with Crippen molar-refractivity contribution in [2.75, 3.05) is 0 Å². The maximum atomic E-state index is 10.6. The lowest BCUT2D eigenvalue weighted by Crippen LogP contribution is -1.89. The molecule has 2 heterocycles. The molecular formula is C10H10N2O2. The van der Waals surface area contributed by atoms with Gasteiger partial charge in [-0.2, -0.15) is 0 Å². The molecule has 0 aliphatic carbocycles. The van der Waals surface area contributed by atoms with E-state index in [-0.39, 0.29) is 5.92 Å². The topological polar surface area (TPSA) is 56.0 Å². The molecule has 4 nitrogen and oxygen atoms in total. The number of fused-ring (bicyclic) bond motifs is 1. The Kier molecular flexibility index (Phi) is 2.04. The summed E-state index contributed by atoms with van der Waals surface area (Å²) in [4.78, 5) is 14.6. The van der Waals surface area contributed by atoms with Gasteiger partial charge in [0.2, 0.25) is 0 Å². The highest BCUT2D eigenvalue weighted by molar-refractivity contribution is 5.84. The molecule has 0 N–H and O–H groups in total. The van der Waals surface area contributed by atoms with Crippen LogP contribution in [0.4, 0.5) is 0 Å². The molecular weight excluding hydrogens is 180 g/mol. The Morgan fingerprint density at radius 3 is 2.93 bits per heavy atom. The van der Waals surface area contributed by atoms with Crippen LogP contribution in [0.1, 0.15) is 35.8 Å². The molecule has 0 bridgehead atoms. The molecule has 0 radical (unpaired) electrons. The third-order valence-corrected chi connectivity index (χ3v) is 2.06. The third-order valence-electron chi connectivity index (χ3n) is 2.06. The molecule has 0 aliphatic rings. The maximum Gasteiger partial charge on any atom is 0.257 e. The van der Waals surface area contributed by atoms with Crippen LogP contribution in [0.5, 0.6) is 0 Å². The Balaban J connectivity index is 2.69. The van der Waals surface area contributed by atoms with Crippen molar-refractivity contribution >= 4 is 17.4 Å². The SMILES string of the molecule is CC(C)c1noc2ncc(C=O)cc12. The molecule has 0 saturated heterocycles. The Labute approximate surface area is 80.9 Å². The smallest absolute Gasteiger partial charge is 0.257 e. The molecule has 0 aromatic carbocycles. The number of pyridine rings is 1. The van der Waals surface area contributed by atoms with E-state index in [4.69, 9.17) is 4.52 Å². The summed E-state index contributed by atoms with van der Waals surface area (Å²) in [5, 5.41) is 4.74. The van der Waals surface area contributed by atoms with Gasteiger partial charge >= 0.3 is 0 Å². The highest BCUT2D eigenvalue weighted by atomic mass is 16.5. The van der Waals surface area contributed by atoms with Gasteiger partial charge in [0, 0.05) is 11.8 Å². The van der Waals surface area contributed by atoms with Crippen LogP contribution in [0.2, 0.25) is 0 Å². The molecule has 0 aliphatic heterocycles. The van der Waals surface area contributed by atoms with Crippen LogP contribution >= 0.6 is 0 Å². The molecule has 0 fully saturated rings. The van der Waals surface area contributed by atoms with E-state index in [0.29, 0.717) is 11.3 Å². The minimum absolute atomic E-state index is 0.264. The van der Waals surface area contributed by atoms with Crippen molar-refractivity contribution in [1.29, 1.82) is 0 Å². The van der Waals surface area contributed by atoms with Crippen molar-refractivity contribution in [1.82, 2.24) is 10.1 Å². The number of hydrogen-bond donors (Lipinski definition) is 0. The number of nitrogens with zero attached hydrogens (tertiary/aromatic N) is 2. The average molecular weight is 190 g/mol. The lowest BCUT2D eigenvalue weighted by molar-refractivity contribution is 0.112. The first-order valence-corrected chi connectivity index (χ1v) is 4.43. The van der Waals surface area contributed by atoms with Crippen LogP contribution in [-0.4, -0.2) is 16.4 Å². The summed E-state index contributed by atoms with van der Waals surface area (Å²) in [7, 11) is 0. The summed E-state index contributed by atoms with van der Waals surface area (Å²) in [6.07, 6.45) is 2.24. The molecule has 72 valence electrons. The predicted octanol–water partition coefficient (Wildman–Crippen LogP) is 2.16. The van der Waals surface area contributed by atoms with Crippen molar-refractivity contribution in [3.8, 4) is 0 Å². The zero-order valence-electron chi connectivity index (χ0n) is 8.02. The predicted molar refractivity (Wildman–Crippen MR) is 51.3 cm³/mol. The molecule has 2 rings (SSSR count). The van der Waals surface area contributed by atoms with Crippen LogP contribution < -0.4 is 0 Å². The van der Waals surface area contributed by atoms with Crippen LogP contribution in [-0.2, 0) is 0 Å². The normalized spacial score (nSPS) is 11.1. The highest BCUT2D eigenvalue weighted by Gasteiger charge is 2.12. The quantitative estimate of drug-likeness (QED) is 0.681. The minimum Gasteiger partial charge on any atom is -0.336 e. The minimum atomic E-state index is 0.264. The van der Waals surface area contributed by atoms with E-state index >= 15 is 0 Å². The molecule has 2 aromatic heterocycles. The van der Waals surface area contributed by atoms with E-state index in [1.807, 2.05) is 13.8 Å². The van der Waals surface area contributed by atoms with Crippen LogP contribution in [0, 0.1) is 0 Å². The van der Waals surface area contributed by atoms with Gasteiger partial charge in [-0.3, -0.25) is 4.79 Å². The Bertz CT molecular complexity index is 474. The zero-order chi connectivity index (χ0) is 10.1. The monoisotopic (exact) mass is 190 g/mol. The van der Waals surface area contributed by atoms with Gasteiger partial charge in [0.05, 0.1) is 11.1 Å². The van der Waals surface area contributed by atoms with E-state index in [1.54, 1.807) is 6.07 Å². The Hall–Kier alpha value is -1.71. The van der Waals surface area contributed by atoms with Crippen LogP contribution in [0.25, 0.3) is 11.1 Å². The molecule has 0 saturated carbocycles. The number of aldehydes is 1. The number of hydrogen-bond acceptors (Lipinski definition) is 4. The third kappa shape index (κ3) is 1.28. The van der Waals surface area contributed by atoms with Gasteiger partial charge in [0.1, 0.15) is 0 Å². The number of rotatable bonds is 2. The van der Waals surface area contributed by atoms with E-state index in [9.17, 15) is 4.79 Å². The summed E-state index contributed by atoms with van der Waals surface area (Å²) >= 11 is 0. The van der Waals surface area contributed by atoms with Gasteiger partial charge in [-0.1, -0.05) is 19.0 Å². The fraction of sp³-hybridized carbons (Fsp3) is 0.300. The molecule has 0 unspecified atom stereocenters. The lowest BCUT2D eigenvalue weighted by atomic mass is 10.1. The van der Waals surface area contributed by atoms with Gasteiger partial charge in [0.15, 0.2) is 6.29 Å². The van der Waals surface area contributed by atoms with Crippen molar-refractivity contribution in [2.45, 2.75) is 19.8 Å². The number of carbonyl (C=O) groups excluding carboxylic acids is 1. The molecule has 0 atom stereocenters. The summed E-state index contributed by atoms with van der Waals surface area (Å²) in [6.45, 7) is 4.04. The fourth-order valence-corrected chi connectivity index (χ4v) is 1.35.